The van der Waals surface area contributed by atoms with Gasteiger partial charge in [-0.1, -0.05) is 0 Å². The van der Waals surface area contributed by atoms with Crippen molar-refractivity contribution in [2.45, 2.75) is 13.0 Å². The van der Waals surface area contributed by atoms with Crippen LogP contribution in [0.15, 0.2) is 30.7 Å². The van der Waals surface area contributed by atoms with Crippen molar-refractivity contribution in [3.8, 4) is 5.75 Å². The predicted octanol–water partition coefficient (Wildman–Crippen LogP) is 1.50. The van der Waals surface area contributed by atoms with Crippen LogP contribution in [0.1, 0.15) is 23.1 Å². The van der Waals surface area contributed by atoms with E-state index in [4.69, 9.17) is 4.74 Å². The number of hydrogen-bond donors (Lipinski definition) is 1. The van der Waals surface area contributed by atoms with Gasteiger partial charge in [-0.2, -0.15) is 0 Å². The molecule has 5 nitrogen and oxygen atoms in total. The second kappa shape index (κ2) is 5.55. The normalized spacial score (nSPS) is 12.2. The summed E-state index contributed by atoms with van der Waals surface area (Å²) in [5.41, 5.74) is 1.93. The van der Waals surface area contributed by atoms with Gasteiger partial charge in [-0.25, -0.2) is 9.97 Å². The number of aryl methyl sites for hydroxylation is 1. The van der Waals surface area contributed by atoms with E-state index in [-0.39, 0.29) is 6.04 Å². The Balaban J connectivity index is 2.38. The lowest BCUT2D eigenvalue weighted by Gasteiger charge is -2.16. The molecular formula is C13H16N4O. The lowest BCUT2D eigenvalue weighted by atomic mass is 10.1. The van der Waals surface area contributed by atoms with Crippen molar-refractivity contribution in [2.24, 2.45) is 0 Å². The molecule has 2 rings (SSSR count). The van der Waals surface area contributed by atoms with E-state index in [1.54, 1.807) is 25.7 Å². The average molecular weight is 244 g/mol. The molecule has 0 aromatic carbocycles. The quantitative estimate of drug-likeness (QED) is 0.883. The Hall–Kier alpha value is -2.01. The topological polar surface area (TPSA) is 59.9 Å². The Morgan fingerprint density at radius 2 is 2.17 bits per heavy atom. The summed E-state index contributed by atoms with van der Waals surface area (Å²) in [5.74, 6) is 1.49. The molecule has 0 spiro atoms. The van der Waals surface area contributed by atoms with Crippen LogP contribution < -0.4 is 10.1 Å². The molecule has 2 heterocycles. The molecule has 2 aromatic rings. The van der Waals surface area contributed by atoms with Gasteiger partial charge in [-0.3, -0.25) is 4.98 Å². The smallest absolute Gasteiger partial charge is 0.137 e. The molecule has 18 heavy (non-hydrogen) atoms. The van der Waals surface area contributed by atoms with E-state index in [2.05, 4.69) is 20.3 Å². The van der Waals surface area contributed by atoms with Crippen molar-refractivity contribution in [1.29, 1.82) is 0 Å². The molecule has 94 valence electrons. The number of hydrogen-bond acceptors (Lipinski definition) is 5. The van der Waals surface area contributed by atoms with Gasteiger partial charge in [0.1, 0.15) is 11.6 Å². The maximum absolute atomic E-state index is 5.19. The monoisotopic (exact) mass is 244 g/mol. The Kier molecular flexibility index (Phi) is 3.84. The summed E-state index contributed by atoms with van der Waals surface area (Å²) in [6.45, 7) is 1.88. The first-order valence-corrected chi connectivity index (χ1v) is 5.70. The molecule has 0 saturated carbocycles. The summed E-state index contributed by atoms with van der Waals surface area (Å²) in [5, 5.41) is 3.23. The molecule has 1 unspecified atom stereocenters. The van der Waals surface area contributed by atoms with Crippen molar-refractivity contribution >= 4 is 0 Å². The highest BCUT2D eigenvalue weighted by Crippen LogP contribution is 2.22. The molecule has 0 aliphatic carbocycles. The summed E-state index contributed by atoms with van der Waals surface area (Å²) < 4.78 is 5.19. The third kappa shape index (κ3) is 2.62. The first-order valence-electron chi connectivity index (χ1n) is 5.70. The second-order valence-corrected chi connectivity index (χ2v) is 3.91. The van der Waals surface area contributed by atoms with Crippen molar-refractivity contribution in [3.05, 3.63) is 47.8 Å². The van der Waals surface area contributed by atoms with E-state index in [1.165, 1.54) is 0 Å². The zero-order valence-corrected chi connectivity index (χ0v) is 10.7. The molecule has 2 aromatic heterocycles. The van der Waals surface area contributed by atoms with Gasteiger partial charge in [0.05, 0.1) is 25.0 Å². The van der Waals surface area contributed by atoms with Gasteiger partial charge in [-0.05, 0) is 31.7 Å². The summed E-state index contributed by atoms with van der Waals surface area (Å²) in [4.78, 5) is 12.7. The fraction of sp³-hybridized carbons (Fsp3) is 0.308. The van der Waals surface area contributed by atoms with E-state index in [0.717, 1.165) is 22.8 Å². The molecular weight excluding hydrogens is 228 g/mol. The largest absolute Gasteiger partial charge is 0.495 e. The number of aromatic nitrogens is 3. The maximum atomic E-state index is 5.19. The van der Waals surface area contributed by atoms with Crippen molar-refractivity contribution in [3.63, 3.8) is 0 Å². The van der Waals surface area contributed by atoms with Crippen molar-refractivity contribution < 1.29 is 4.74 Å². The van der Waals surface area contributed by atoms with Crippen LogP contribution in [0.5, 0.6) is 5.75 Å². The molecule has 0 saturated heterocycles. The molecule has 1 atom stereocenters. The number of nitrogens with one attached hydrogen (secondary N) is 1. The minimum Gasteiger partial charge on any atom is -0.495 e. The lowest BCUT2D eigenvalue weighted by molar-refractivity contribution is 0.411. The lowest BCUT2D eigenvalue weighted by Crippen LogP contribution is -2.19. The third-order valence-electron chi connectivity index (χ3n) is 2.69. The summed E-state index contributed by atoms with van der Waals surface area (Å²) in [6.07, 6.45) is 5.25. The van der Waals surface area contributed by atoms with Crippen molar-refractivity contribution in [1.82, 2.24) is 20.3 Å². The summed E-state index contributed by atoms with van der Waals surface area (Å²) >= 11 is 0. The van der Waals surface area contributed by atoms with E-state index in [0.29, 0.717) is 0 Å². The highest BCUT2D eigenvalue weighted by molar-refractivity contribution is 5.31. The van der Waals surface area contributed by atoms with Crippen LogP contribution in [0.4, 0.5) is 0 Å². The molecule has 0 bridgehead atoms. The van der Waals surface area contributed by atoms with Crippen LogP contribution >= 0.6 is 0 Å². The first kappa shape index (κ1) is 12.4. The molecule has 0 amide bonds. The van der Waals surface area contributed by atoms with Gasteiger partial charge in [0, 0.05) is 12.4 Å². The van der Waals surface area contributed by atoms with Crippen LogP contribution in [0.25, 0.3) is 0 Å². The number of rotatable bonds is 4. The zero-order valence-electron chi connectivity index (χ0n) is 10.7. The van der Waals surface area contributed by atoms with E-state index >= 15 is 0 Å². The van der Waals surface area contributed by atoms with E-state index in [1.807, 2.05) is 26.1 Å². The average Bonchev–Trinajstić information content (AvgIpc) is 2.40. The Bertz CT molecular complexity index is 530. The van der Waals surface area contributed by atoms with Gasteiger partial charge in [-0.15, -0.1) is 0 Å². The van der Waals surface area contributed by atoms with Crippen LogP contribution in [0.3, 0.4) is 0 Å². The summed E-state index contributed by atoms with van der Waals surface area (Å²) in [7, 11) is 3.52. The van der Waals surface area contributed by atoms with Crippen LogP contribution in [0, 0.1) is 6.92 Å². The van der Waals surface area contributed by atoms with Gasteiger partial charge in [0.15, 0.2) is 0 Å². The highest BCUT2D eigenvalue weighted by atomic mass is 16.5. The Morgan fingerprint density at radius 1 is 1.33 bits per heavy atom. The highest BCUT2D eigenvalue weighted by Gasteiger charge is 2.14. The molecule has 0 aliphatic heterocycles. The number of methoxy groups -OCH3 is 1. The number of nitrogens with zero attached hydrogens (tertiary/aromatic N) is 3. The maximum Gasteiger partial charge on any atom is 0.137 e. The number of pyridine rings is 1. The Labute approximate surface area is 106 Å². The van der Waals surface area contributed by atoms with Crippen LogP contribution in [-0.2, 0) is 0 Å². The fourth-order valence-corrected chi connectivity index (χ4v) is 1.83. The zero-order chi connectivity index (χ0) is 13.0. The standard InChI is InChI=1S/C13H16N4O/c1-9-16-5-4-12(17-9)13(14-2)10-6-11(18-3)8-15-7-10/h4-8,13-14H,1-3H3. The molecule has 0 aliphatic rings. The second-order valence-electron chi connectivity index (χ2n) is 3.91. The molecule has 1 N–H and O–H groups in total. The van der Waals surface area contributed by atoms with E-state index in [9.17, 15) is 0 Å². The number of ether oxygens (including phenoxy) is 1. The van der Waals surface area contributed by atoms with Gasteiger partial charge in [0.2, 0.25) is 0 Å². The van der Waals surface area contributed by atoms with E-state index < -0.39 is 0 Å². The minimum absolute atomic E-state index is 0.0192. The summed E-state index contributed by atoms with van der Waals surface area (Å²) in [6, 6.07) is 3.83. The Morgan fingerprint density at radius 3 is 2.83 bits per heavy atom. The van der Waals surface area contributed by atoms with Gasteiger partial charge in [0.25, 0.3) is 0 Å². The first-order chi connectivity index (χ1) is 8.74. The van der Waals surface area contributed by atoms with Gasteiger partial charge >= 0.3 is 0 Å². The molecule has 5 heteroatoms. The predicted molar refractivity (Wildman–Crippen MR) is 68.5 cm³/mol. The van der Waals surface area contributed by atoms with Crippen molar-refractivity contribution in [2.75, 3.05) is 14.2 Å². The molecule has 0 radical (unpaired) electrons. The SMILES string of the molecule is CNC(c1cncc(OC)c1)c1ccnc(C)n1. The fourth-order valence-electron chi connectivity index (χ4n) is 1.83. The van der Waals surface area contributed by atoms with Crippen LogP contribution in [-0.4, -0.2) is 29.1 Å². The minimum atomic E-state index is -0.0192. The van der Waals surface area contributed by atoms with Gasteiger partial charge < -0.3 is 10.1 Å². The molecule has 0 fully saturated rings. The van der Waals surface area contributed by atoms with Crippen LogP contribution in [0.2, 0.25) is 0 Å². The third-order valence-corrected chi connectivity index (χ3v) is 2.69.